The highest BCUT2D eigenvalue weighted by molar-refractivity contribution is 5.92. The molecule has 5 heteroatoms. The first kappa shape index (κ1) is 12.2. The van der Waals surface area contributed by atoms with E-state index in [1.807, 2.05) is 65.3 Å². The number of nitrogens with one attached hydrogen (secondary N) is 1. The van der Waals surface area contributed by atoms with Crippen LogP contribution in [0.15, 0.2) is 65.9 Å². The average Bonchev–Trinajstić information content (AvgIpc) is 2.89. The summed E-state index contributed by atoms with van der Waals surface area (Å²) < 4.78 is 1.96. The Morgan fingerprint density at radius 3 is 2.75 bits per heavy atom. The Balaban J connectivity index is 1.69. The van der Waals surface area contributed by atoms with Gasteiger partial charge in [0.1, 0.15) is 5.65 Å². The fourth-order valence-electron chi connectivity index (χ4n) is 1.94. The average molecular weight is 265 g/mol. The molecule has 2 aromatic heterocycles. The number of nitrogens with two attached hydrogens (primary N) is 1. The molecule has 0 aliphatic carbocycles. The maximum Gasteiger partial charge on any atom is 0.193 e. The predicted molar refractivity (Wildman–Crippen MR) is 80.6 cm³/mol. The van der Waals surface area contributed by atoms with Crippen molar-refractivity contribution in [1.82, 2.24) is 9.38 Å². The molecule has 0 aliphatic heterocycles. The molecule has 0 spiro atoms. The van der Waals surface area contributed by atoms with Gasteiger partial charge in [0.15, 0.2) is 5.96 Å². The van der Waals surface area contributed by atoms with Gasteiger partial charge in [0.25, 0.3) is 0 Å². The van der Waals surface area contributed by atoms with E-state index in [4.69, 9.17) is 5.73 Å². The molecule has 3 aromatic rings. The molecule has 1 aromatic carbocycles. The Labute approximate surface area is 116 Å². The highest BCUT2D eigenvalue weighted by Gasteiger charge is 2.00. The van der Waals surface area contributed by atoms with Gasteiger partial charge in [-0.3, -0.25) is 0 Å². The van der Waals surface area contributed by atoms with Crippen LogP contribution in [0, 0.1) is 0 Å². The molecule has 0 saturated heterocycles. The zero-order valence-corrected chi connectivity index (χ0v) is 10.9. The molecular formula is C15H15N5. The van der Waals surface area contributed by atoms with Crippen LogP contribution in [-0.4, -0.2) is 15.3 Å². The van der Waals surface area contributed by atoms with Gasteiger partial charge in [-0.2, -0.15) is 0 Å². The number of hydrogen-bond acceptors (Lipinski definition) is 2. The van der Waals surface area contributed by atoms with Gasteiger partial charge in [-0.1, -0.05) is 24.3 Å². The Morgan fingerprint density at radius 2 is 1.95 bits per heavy atom. The monoisotopic (exact) mass is 265 g/mol. The summed E-state index contributed by atoms with van der Waals surface area (Å²) in [4.78, 5) is 8.76. The molecule has 0 unspecified atom stereocenters. The number of aromatic nitrogens is 2. The van der Waals surface area contributed by atoms with Crippen LogP contribution in [0.5, 0.6) is 0 Å². The number of benzene rings is 1. The highest BCUT2D eigenvalue weighted by atomic mass is 15.1. The number of hydrogen-bond donors (Lipinski definition) is 2. The van der Waals surface area contributed by atoms with Crippen LogP contribution in [0.3, 0.4) is 0 Å². The number of rotatable bonds is 3. The van der Waals surface area contributed by atoms with Crippen molar-refractivity contribution >= 4 is 17.3 Å². The third kappa shape index (κ3) is 2.77. The lowest BCUT2D eigenvalue weighted by Gasteiger charge is -2.04. The van der Waals surface area contributed by atoms with E-state index in [-0.39, 0.29) is 0 Å². The fraction of sp³-hybridized carbons (Fsp3) is 0.0667. The molecule has 0 saturated carbocycles. The van der Waals surface area contributed by atoms with Crippen LogP contribution in [0.4, 0.5) is 5.69 Å². The van der Waals surface area contributed by atoms with Crippen LogP contribution in [0.1, 0.15) is 5.69 Å². The van der Waals surface area contributed by atoms with Crippen molar-refractivity contribution in [2.75, 3.05) is 5.32 Å². The second-order valence-electron chi connectivity index (χ2n) is 4.39. The number of imidazole rings is 1. The van der Waals surface area contributed by atoms with Gasteiger partial charge in [-0.25, -0.2) is 9.98 Å². The van der Waals surface area contributed by atoms with E-state index in [9.17, 15) is 0 Å². The summed E-state index contributed by atoms with van der Waals surface area (Å²) in [5.41, 5.74) is 8.57. The van der Waals surface area contributed by atoms with Gasteiger partial charge in [-0.05, 0) is 24.3 Å². The number of fused-ring (bicyclic) bond motifs is 1. The summed E-state index contributed by atoms with van der Waals surface area (Å²) >= 11 is 0. The zero-order valence-electron chi connectivity index (χ0n) is 10.9. The topological polar surface area (TPSA) is 67.7 Å². The molecule has 3 rings (SSSR count). The normalized spacial score (nSPS) is 11.7. The molecule has 5 nitrogen and oxygen atoms in total. The lowest BCUT2D eigenvalue weighted by atomic mass is 10.3. The van der Waals surface area contributed by atoms with Crippen LogP contribution in [0.25, 0.3) is 5.65 Å². The quantitative estimate of drug-likeness (QED) is 0.564. The molecule has 0 atom stereocenters. The second kappa shape index (κ2) is 5.44. The smallest absolute Gasteiger partial charge is 0.193 e. The predicted octanol–water partition coefficient (Wildman–Crippen LogP) is 2.26. The van der Waals surface area contributed by atoms with Crippen molar-refractivity contribution in [1.29, 1.82) is 0 Å². The van der Waals surface area contributed by atoms with Crippen LogP contribution in [-0.2, 0) is 6.54 Å². The minimum absolute atomic E-state index is 0.383. The first-order chi connectivity index (χ1) is 9.81. The minimum atomic E-state index is 0.383. The van der Waals surface area contributed by atoms with Gasteiger partial charge in [0.2, 0.25) is 0 Å². The fourth-order valence-corrected chi connectivity index (χ4v) is 1.94. The van der Waals surface area contributed by atoms with Crippen molar-refractivity contribution in [2.45, 2.75) is 6.54 Å². The SMILES string of the molecule is NC(=NCc1cn2ccccc2n1)Nc1ccccc1. The molecule has 100 valence electrons. The summed E-state index contributed by atoms with van der Waals surface area (Å²) in [7, 11) is 0. The van der Waals surface area contributed by atoms with Crippen molar-refractivity contribution < 1.29 is 0 Å². The number of aliphatic imine (C=N–C) groups is 1. The number of para-hydroxylation sites is 1. The lowest BCUT2D eigenvalue weighted by Crippen LogP contribution is -2.22. The van der Waals surface area contributed by atoms with E-state index in [0.29, 0.717) is 12.5 Å². The van der Waals surface area contributed by atoms with Crippen LogP contribution in [0.2, 0.25) is 0 Å². The Bertz CT molecular complexity index is 697. The largest absolute Gasteiger partial charge is 0.370 e. The number of anilines is 1. The van der Waals surface area contributed by atoms with Crippen LogP contribution < -0.4 is 11.1 Å². The molecule has 0 aliphatic rings. The van der Waals surface area contributed by atoms with Crippen molar-refractivity contribution in [3.8, 4) is 0 Å². The first-order valence-electron chi connectivity index (χ1n) is 6.36. The number of pyridine rings is 1. The molecule has 0 radical (unpaired) electrons. The van der Waals surface area contributed by atoms with Gasteiger partial charge in [0, 0.05) is 18.1 Å². The van der Waals surface area contributed by atoms with E-state index in [1.165, 1.54) is 0 Å². The standard InChI is InChI=1S/C15H15N5/c16-15(19-12-6-2-1-3-7-12)17-10-13-11-20-9-5-4-8-14(20)18-13/h1-9,11H,10H2,(H3,16,17,19). The van der Waals surface area contributed by atoms with Crippen molar-refractivity contribution in [3.05, 3.63) is 66.6 Å². The van der Waals surface area contributed by atoms with Crippen molar-refractivity contribution in [2.24, 2.45) is 10.7 Å². The Morgan fingerprint density at radius 1 is 1.15 bits per heavy atom. The van der Waals surface area contributed by atoms with E-state index in [0.717, 1.165) is 17.0 Å². The Kier molecular flexibility index (Phi) is 3.33. The van der Waals surface area contributed by atoms with Gasteiger partial charge in [0.05, 0.1) is 12.2 Å². The summed E-state index contributed by atoms with van der Waals surface area (Å²) in [6, 6.07) is 15.6. The molecule has 20 heavy (non-hydrogen) atoms. The summed E-state index contributed by atoms with van der Waals surface area (Å²) in [6.07, 6.45) is 3.91. The van der Waals surface area contributed by atoms with Gasteiger partial charge in [-0.15, -0.1) is 0 Å². The van der Waals surface area contributed by atoms with E-state index < -0.39 is 0 Å². The molecule has 0 fully saturated rings. The third-order valence-corrected chi connectivity index (χ3v) is 2.87. The van der Waals surface area contributed by atoms with E-state index in [1.54, 1.807) is 0 Å². The molecule has 0 bridgehead atoms. The van der Waals surface area contributed by atoms with E-state index in [2.05, 4.69) is 15.3 Å². The minimum Gasteiger partial charge on any atom is -0.370 e. The van der Waals surface area contributed by atoms with Crippen LogP contribution >= 0.6 is 0 Å². The summed E-state index contributed by atoms with van der Waals surface area (Å²) in [5.74, 6) is 0.383. The molecule has 3 N–H and O–H groups in total. The van der Waals surface area contributed by atoms with Gasteiger partial charge >= 0.3 is 0 Å². The summed E-state index contributed by atoms with van der Waals surface area (Å²) in [6.45, 7) is 0.452. The maximum atomic E-state index is 5.85. The third-order valence-electron chi connectivity index (χ3n) is 2.87. The first-order valence-corrected chi connectivity index (χ1v) is 6.36. The zero-order chi connectivity index (χ0) is 13.8. The Hall–Kier alpha value is -2.82. The molecule has 0 amide bonds. The second-order valence-corrected chi connectivity index (χ2v) is 4.39. The number of nitrogens with zero attached hydrogens (tertiary/aromatic N) is 3. The number of guanidine groups is 1. The lowest BCUT2D eigenvalue weighted by molar-refractivity contribution is 1.01. The van der Waals surface area contributed by atoms with E-state index >= 15 is 0 Å². The maximum absolute atomic E-state index is 5.85. The highest BCUT2D eigenvalue weighted by Crippen LogP contribution is 2.06. The van der Waals surface area contributed by atoms with Crippen molar-refractivity contribution in [3.63, 3.8) is 0 Å². The molecular weight excluding hydrogens is 250 g/mol. The van der Waals surface area contributed by atoms with Gasteiger partial charge < -0.3 is 15.5 Å². The summed E-state index contributed by atoms with van der Waals surface area (Å²) in [5, 5.41) is 3.04. The molecule has 2 heterocycles.